The number of nitrogens with two attached hydrogens (primary N) is 4. The lowest BCUT2D eigenvalue weighted by atomic mass is 10.1. The number of aliphatic hydroxyl groups is 1. The molecule has 0 aromatic heterocycles. The maximum absolute atomic E-state index is 11.5. The van der Waals surface area contributed by atoms with Gasteiger partial charge in [-0.3, -0.25) is 4.79 Å². The van der Waals surface area contributed by atoms with Gasteiger partial charge >= 0.3 is 23.9 Å². The summed E-state index contributed by atoms with van der Waals surface area (Å²) in [7, 11) is 0. The zero-order chi connectivity index (χ0) is 19.4. The van der Waals surface area contributed by atoms with Gasteiger partial charge in [-0.25, -0.2) is 14.4 Å². The van der Waals surface area contributed by atoms with Crippen LogP contribution >= 0.6 is 0 Å². The SMILES string of the molecule is NCCC[C@H](N)C(=O)OC(=O)CC(O)C(=O)OC(=O)[C@@H](N)CCCN.O.O. The van der Waals surface area contributed by atoms with Gasteiger partial charge in [0.1, 0.15) is 12.1 Å². The van der Waals surface area contributed by atoms with E-state index in [2.05, 4.69) is 9.47 Å². The molecule has 0 radical (unpaired) electrons. The van der Waals surface area contributed by atoms with Crippen LogP contribution < -0.4 is 22.9 Å². The molecule has 1 unspecified atom stereocenters. The first-order valence-electron chi connectivity index (χ1n) is 7.82. The second-order valence-electron chi connectivity index (χ2n) is 5.33. The van der Waals surface area contributed by atoms with E-state index in [1.54, 1.807) is 0 Å². The Hall–Kier alpha value is -2.00. The third-order valence-corrected chi connectivity index (χ3v) is 3.09. The maximum atomic E-state index is 11.5. The molecule has 0 rings (SSSR count). The Labute approximate surface area is 155 Å². The fourth-order valence-electron chi connectivity index (χ4n) is 1.62. The van der Waals surface area contributed by atoms with Crippen molar-refractivity contribution in [1.29, 1.82) is 0 Å². The molecule has 27 heavy (non-hydrogen) atoms. The molecule has 0 aliphatic rings. The van der Waals surface area contributed by atoms with Crippen molar-refractivity contribution in [3.05, 3.63) is 0 Å². The quantitative estimate of drug-likeness (QED) is 0.163. The molecule has 160 valence electrons. The molecule has 13 nitrogen and oxygen atoms in total. The Morgan fingerprint density at radius 1 is 0.778 bits per heavy atom. The number of hydrogen-bond acceptors (Lipinski definition) is 11. The summed E-state index contributed by atoms with van der Waals surface area (Å²) in [6.07, 6.45) is -1.51. The van der Waals surface area contributed by atoms with Gasteiger partial charge in [-0.15, -0.1) is 0 Å². The van der Waals surface area contributed by atoms with Crippen molar-refractivity contribution >= 4 is 23.9 Å². The summed E-state index contributed by atoms with van der Waals surface area (Å²) in [6.45, 7) is 0.631. The van der Waals surface area contributed by atoms with Crippen molar-refractivity contribution in [3.63, 3.8) is 0 Å². The highest BCUT2D eigenvalue weighted by Gasteiger charge is 2.28. The lowest BCUT2D eigenvalue weighted by molar-refractivity contribution is -0.172. The van der Waals surface area contributed by atoms with Gasteiger partial charge in [0.25, 0.3) is 0 Å². The molecule has 0 saturated heterocycles. The molecular weight excluding hydrogens is 368 g/mol. The van der Waals surface area contributed by atoms with Crippen LogP contribution in [0.2, 0.25) is 0 Å². The Kier molecular flexibility index (Phi) is 17.8. The van der Waals surface area contributed by atoms with Crippen LogP contribution in [0.1, 0.15) is 32.1 Å². The number of rotatable bonds is 11. The number of carbonyl (C=O) groups excluding carboxylic acids is 4. The molecule has 0 fully saturated rings. The van der Waals surface area contributed by atoms with Crippen molar-refractivity contribution in [1.82, 2.24) is 0 Å². The average molecular weight is 398 g/mol. The zero-order valence-electron chi connectivity index (χ0n) is 14.9. The van der Waals surface area contributed by atoms with Gasteiger partial charge < -0.3 is 48.5 Å². The normalized spacial score (nSPS) is 13.2. The van der Waals surface area contributed by atoms with Gasteiger partial charge in [0, 0.05) is 0 Å². The molecule has 0 aromatic rings. The predicted molar refractivity (Wildman–Crippen MR) is 92.6 cm³/mol. The monoisotopic (exact) mass is 398 g/mol. The average Bonchev–Trinajstić information content (AvgIpc) is 2.56. The number of hydrogen-bond donors (Lipinski definition) is 5. The lowest BCUT2D eigenvalue weighted by Crippen LogP contribution is -2.38. The summed E-state index contributed by atoms with van der Waals surface area (Å²) in [5, 5.41) is 9.54. The van der Waals surface area contributed by atoms with Crippen molar-refractivity contribution in [2.75, 3.05) is 13.1 Å². The molecule has 0 heterocycles. The second-order valence-corrected chi connectivity index (χ2v) is 5.33. The van der Waals surface area contributed by atoms with Crippen LogP contribution in [0, 0.1) is 0 Å². The first-order valence-corrected chi connectivity index (χ1v) is 7.82. The molecule has 13 N–H and O–H groups in total. The van der Waals surface area contributed by atoms with Crippen molar-refractivity contribution in [2.24, 2.45) is 22.9 Å². The van der Waals surface area contributed by atoms with Crippen molar-refractivity contribution in [2.45, 2.75) is 50.3 Å². The number of esters is 4. The van der Waals surface area contributed by atoms with Gasteiger partial charge in [-0.2, -0.15) is 0 Å². The predicted octanol–water partition coefficient (Wildman–Crippen LogP) is -4.64. The Bertz CT molecular complexity index is 476. The first-order chi connectivity index (χ1) is 11.7. The molecule has 0 spiro atoms. The summed E-state index contributed by atoms with van der Waals surface area (Å²) in [5.41, 5.74) is 21.5. The highest BCUT2D eigenvalue weighted by Crippen LogP contribution is 2.03. The van der Waals surface area contributed by atoms with Crippen LogP contribution in [-0.2, 0) is 28.7 Å². The van der Waals surface area contributed by atoms with E-state index in [0.29, 0.717) is 25.9 Å². The molecule has 0 aliphatic heterocycles. The van der Waals surface area contributed by atoms with E-state index in [1.165, 1.54) is 0 Å². The van der Waals surface area contributed by atoms with E-state index in [0.717, 1.165) is 0 Å². The minimum Gasteiger partial charge on any atom is -0.412 e. The van der Waals surface area contributed by atoms with Gasteiger partial charge in [0.05, 0.1) is 6.42 Å². The van der Waals surface area contributed by atoms with Crippen LogP contribution in [0.4, 0.5) is 0 Å². The van der Waals surface area contributed by atoms with Gasteiger partial charge in [0.2, 0.25) is 0 Å². The van der Waals surface area contributed by atoms with Crippen LogP contribution in [0.25, 0.3) is 0 Å². The summed E-state index contributed by atoms with van der Waals surface area (Å²) in [6, 6.07) is -2.12. The lowest BCUT2D eigenvalue weighted by Gasteiger charge is -2.13. The standard InChI is InChI=1S/C14H26N4O7.2H2O/c15-5-1-3-8(17)12(21)24-11(20)7-10(19)14(23)25-13(22)9(18)4-2-6-16;;/h8-10,19H,1-7,15-18H2;2*1H2/t8-,9-,10?;;/m0../s1. The van der Waals surface area contributed by atoms with E-state index in [1.807, 2.05) is 0 Å². The van der Waals surface area contributed by atoms with Crippen LogP contribution in [0.15, 0.2) is 0 Å². The molecular formula is C14H30N4O9. The fourth-order valence-corrected chi connectivity index (χ4v) is 1.62. The Morgan fingerprint density at radius 2 is 1.19 bits per heavy atom. The summed E-state index contributed by atoms with van der Waals surface area (Å²) >= 11 is 0. The van der Waals surface area contributed by atoms with Crippen LogP contribution in [-0.4, -0.2) is 71.2 Å². The number of carbonyl (C=O) groups is 4. The zero-order valence-corrected chi connectivity index (χ0v) is 14.9. The van der Waals surface area contributed by atoms with Crippen molar-refractivity contribution < 1.29 is 44.7 Å². The third kappa shape index (κ3) is 12.9. The van der Waals surface area contributed by atoms with E-state index < -0.39 is 48.5 Å². The van der Waals surface area contributed by atoms with Gasteiger partial charge in [-0.1, -0.05) is 0 Å². The molecule has 3 atom stereocenters. The highest BCUT2D eigenvalue weighted by atomic mass is 16.6. The van der Waals surface area contributed by atoms with Crippen LogP contribution in [0.3, 0.4) is 0 Å². The Morgan fingerprint density at radius 3 is 1.59 bits per heavy atom. The highest BCUT2D eigenvalue weighted by molar-refractivity contribution is 5.94. The van der Waals surface area contributed by atoms with E-state index in [-0.39, 0.29) is 23.8 Å². The summed E-state index contributed by atoms with van der Waals surface area (Å²) < 4.78 is 8.75. The topological polar surface area (TPSA) is 274 Å². The first kappa shape index (κ1) is 29.8. The number of aliphatic hydroxyl groups excluding tert-OH is 1. The fraction of sp³-hybridized carbons (Fsp3) is 0.714. The maximum Gasteiger partial charge on any atom is 0.343 e. The minimum atomic E-state index is -1.98. The molecule has 0 aromatic carbocycles. The van der Waals surface area contributed by atoms with Crippen LogP contribution in [0.5, 0.6) is 0 Å². The van der Waals surface area contributed by atoms with E-state index in [4.69, 9.17) is 22.9 Å². The van der Waals surface area contributed by atoms with E-state index in [9.17, 15) is 24.3 Å². The smallest absolute Gasteiger partial charge is 0.343 e. The summed E-state index contributed by atoms with van der Waals surface area (Å²) in [5.74, 6) is -4.60. The molecule has 13 heteroatoms. The molecule has 0 amide bonds. The van der Waals surface area contributed by atoms with Crippen molar-refractivity contribution in [3.8, 4) is 0 Å². The van der Waals surface area contributed by atoms with E-state index >= 15 is 0 Å². The number of ether oxygens (including phenoxy) is 2. The largest absolute Gasteiger partial charge is 0.412 e. The molecule has 0 bridgehead atoms. The Balaban J connectivity index is -0.00000288. The van der Waals surface area contributed by atoms with Gasteiger partial charge in [0.15, 0.2) is 6.10 Å². The molecule has 0 saturated carbocycles. The molecule has 0 aliphatic carbocycles. The minimum absolute atomic E-state index is 0. The summed E-state index contributed by atoms with van der Waals surface area (Å²) in [4.78, 5) is 46.0. The van der Waals surface area contributed by atoms with Gasteiger partial charge in [-0.05, 0) is 38.8 Å². The third-order valence-electron chi connectivity index (χ3n) is 3.09. The second kappa shape index (κ2) is 16.2.